The molecule has 0 saturated carbocycles. The first-order valence-corrected chi connectivity index (χ1v) is 5.57. The van der Waals surface area contributed by atoms with Crippen LogP contribution in [0, 0.1) is 0 Å². The van der Waals surface area contributed by atoms with E-state index in [1.54, 1.807) is 13.1 Å². The number of aromatic nitrogens is 4. The van der Waals surface area contributed by atoms with Gasteiger partial charge in [-0.15, -0.1) is 10.2 Å². The number of nitrogens with zero attached hydrogens (tertiary/aromatic N) is 4. The van der Waals surface area contributed by atoms with E-state index in [-0.39, 0.29) is 5.82 Å². The molecule has 3 aromatic rings. The van der Waals surface area contributed by atoms with Crippen LogP contribution in [0.1, 0.15) is 17.5 Å². The van der Waals surface area contributed by atoms with Crippen molar-refractivity contribution in [1.82, 2.24) is 19.8 Å². The fourth-order valence-corrected chi connectivity index (χ4v) is 1.81. The molecule has 2 aromatic heterocycles. The van der Waals surface area contributed by atoms with Gasteiger partial charge in [0.1, 0.15) is 0 Å². The Morgan fingerprint density at radius 3 is 3.00 bits per heavy atom. The highest BCUT2D eigenvalue weighted by molar-refractivity contribution is 5.95. The molecule has 90 valence electrons. The van der Waals surface area contributed by atoms with Crippen LogP contribution in [0.5, 0.6) is 0 Å². The van der Waals surface area contributed by atoms with E-state index in [1.807, 2.05) is 24.3 Å². The number of carbonyl (C=O) groups is 1. The van der Waals surface area contributed by atoms with Gasteiger partial charge in [0.05, 0.1) is 12.8 Å². The van der Waals surface area contributed by atoms with Gasteiger partial charge in [-0.05, 0) is 6.92 Å². The van der Waals surface area contributed by atoms with Crippen LogP contribution in [0.25, 0.3) is 16.4 Å². The van der Waals surface area contributed by atoms with Gasteiger partial charge < -0.3 is 4.74 Å². The number of hydrogen-bond donors (Lipinski definition) is 0. The largest absolute Gasteiger partial charge is 0.460 e. The summed E-state index contributed by atoms with van der Waals surface area (Å²) in [4.78, 5) is 11.7. The number of carbonyl (C=O) groups excluding carboxylic acids is 1. The van der Waals surface area contributed by atoms with Gasteiger partial charge in [-0.3, -0.25) is 0 Å². The fraction of sp³-hybridized carbons (Fsp3) is 0.167. The molecule has 0 spiro atoms. The number of rotatable bonds is 2. The van der Waals surface area contributed by atoms with Crippen molar-refractivity contribution >= 4 is 22.4 Å². The molecule has 0 radical (unpaired) electrons. The van der Waals surface area contributed by atoms with E-state index in [0.717, 1.165) is 10.8 Å². The Kier molecular flexibility index (Phi) is 2.40. The molecular formula is C12H10N4O2. The summed E-state index contributed by atoms with van der Waals surface area (Å²) in [6.45, 7) is 2.03. The number of esters is 1. The van der Waals surface area contributed by atoms with E-state index in [4.69, 9.17) is 4.74 Å². The van der Waals surface area contributed by atoms with Crippen molar-refractivity contribution in [2.24, 2.45) is 0 Å². The molecule has 0 bridgehead atoms. The predicted molar refractivity (Wildman–Crippen MR) is 64.2 cm³/mol. The zero-order valence-corrected chi connectivity index (χ0v) is 9.70. The monoisotopic (exact) mass is 242 g/mol. The van der Waals surface area contributed by atoms with Gasteiger partial charge in [0.15, 0.2) is 5.65 Å². The maximum atomic E-state index is 11.7. The highest BCUT2D eigenvalue weighted by atomic mass is 16.5. The summed E-state index contributed by atoms with van der Waals surface area (Å²) in [6.07, 6.45) is 1.68. The van der Waals surface area contributed by atoms with Gasteiger partial charge in [-0.2, -0.15) is 9.61 Å². The zero-order valence-electron chi connectivity index (χ0n) is 9.70. The van der Waals surface area contributed by atoms with Gasteiger partial charge in [0.2, 0.25) is 0 Å². The average Bonchev–Trinajstić information content (AvgIpc) is 2.83. The second-order valence-electron chi connectivity index (χ2n) is 3.71. The van der Waals surface area contributed by atoms with E-state index in [0.29, 0.717) is 12.3 Å². The molecule has 6 heteroatoms. The molecule has 1 aromatic carbocycles. The topological polar surface area (TPSA) is 69.4 Å². The van der Waals surface area contributed by atoms with Crippen LogP contribution in [0.15, 0.2) is 30.5 Å². The first-order valence-electron chi connectivity index (χ1n) is 5.57. The smallest absolute Gasteiger partial charge is 0.378 e. The minimum atomic E-state index is -0.521. The van der Waals surface area contributed by atoms with Crippen molar-refractivity contribution in [3.63, 3.8) is 0 Å². The third kappa shape index (κ3) is 1.50. The van der Waals surface area contributed by atoms with E-state index < -0.39 is 5.97 Å². The Balaban J connectivity index is 2.26. The zero-order chi connectivity index (χ0) is 12.5. The normalized spacial score (nSPS) is 10.9. The first-order chi connectivity index (χ1) is 8.81. The van der Waals surface area contributed by atoms with Gasteiger partial charge in [0.25, 0.3) is 5.82 Å². The number of fused-ring (bicyclic) bond motifs is 3. The van der Waals surface area contributed by atoms with Crippen LogP contribution in [-0.2, 0) is 4.74 Å². The Hall–Kier alpha value is -2.50. The number of hydrogen-bond acceptors (Lipinski definition) is 5. The molecular weight excluding hydrogens is 232 g/mol. The van der Waals surface area contributed by atoms with Gasteiger partial charge in [-0.1, -0.05) is 24.3 Å². The summed E-state index contributed by atoms with van der Waals surface area (Å²) in [5, 5.41) is 13.9. The van der Waals surface area contributed by atoms with Crippen LogP contribution >= 0.6 is 0 Å². The Labute approximate surface area is 102 Å². The summed E-state index contributed by atoms with van der Waals surface area (Å²) < 4.78 is 6.31. The quantitative estimate of drug-likeness (QED) is 0.636. The highest BCUT2D eigenvalue weighted by Crippen LogP contribution is 2.17. The molecule has 3 rings (SSSR count). The number of benzene rings is 1. The molecule has 2 heterocycles. The van der Waals surface area contributed by atoms with Crippen molar-refractivity contribution in [2.45, 2.75) is 6.92 Å². The van der Waals surface area contributed by atoms with Gasteiger partial charge in [0, 0.05) is 10.8 Å². The van der Waals surface area contributed by atoms with E-state index in [2.05, 4.69) is 15.3 Å². The van der Waals surface area contributed by atoms with Crippen LogP contribution < -0.4 is 0 Å². The molecule has 0 aliphatic rings. The number of ether oxygens (including phenoxy) is 1. The molecule has 0 unspecified atom stereocenters. The Morgan fingerprint density at radius 2 is 2.17 bits per heavy atom. The summed E-state index contributed by atoms with van der Waals surface area (Å²) in [5.74, 6) is -0.426. The van der Waals surface area contributed by atoms with Crippen molar-refractivity contribution in [1.29, 1.82) is 0 Å². The molecule has 6 nitrogen and oxygen atoms in total. The lowest BCUT2D eigenvalue weighted by Gasteiger charge is -2.00. The fourth-order valence-electron chi connectivity index (χ4n) is 1.81. The lowest BCUT2D eigenvalue weighted by Crippen LogP contribution is -2.10. The van der Waals surface area contributed by atoms with Crippen molar-refractivity contribution in [3.8, 4) is 0 Å². The minimum Gasteiger partial charge on any atom is -0.460 e. The van der Waals surface area contributed by atoms with Crippen molar-refractivity contribution < 1.29 is 9.53 Å². The molecule has 0 saturated heterocycles. The van der Waals surface area contributed by atoms with Crippen LogP contribution in [0.2, 0.25) is 0 Å². The van der Waals surface area contributed by atoms with Crippen LogP contribution in [-0.4, -0.2) is 32.4 Å². The summed E-state index contributed by atoms with van der Waals surface area (Å²) in [6, 6.07) is 7.67. The molecule has 0 N–H and O–H groups in total. The van der Waals surface area contributed by atoms with Crippen molar-refractivity contribution in [2.75, 3.05) is 6.61 Å². The maximum Gasteiger partial charge on any atom is 0.378 e. The first kappa shape index (κ1) is 10.6. The Morgan fingerprint density at radius 1 is 1.33 bits per heavy atom. The minimum absolute atomic E-state index is 0.0950. The van der Waals surface area contributed by atoms with Gasteiger partial charge >= 0.3 is 5.97 Å². The second kappa shape index (κ2) is 4.06. The van der Waals surface area contributed by atoms with Crippen molar-refractivity contribution in [3.05, 3.63) is 36.3 Å². The average molecular weight is 242 g/mol. The molecule has 0 amide bonds. The third-order valence-corrected chi connectivity index (χ3v) is 2.61. The molecule has 0 atom stereocenters. The third-order valence-electron chi connectivity index (χ3n) is 2.61. The molecule has 0 fully saturated rings. The van der Waals surface area contributed by atoms with Crippen LogP contribution in [0.3, 0.4) is 0 Å². The second-order valence-corrected chi connectivity index (χ2v) is 3.71. The van der Waals surface area contributed by atoms with Gasteiger partial charge in [-0.25, -0.2) is 4.79 Å². The summed E-state index contributed by atoms with van der Waals surface area (Å²) in [7, 11) is 0. The maximum absolute atomic E-state index is 11.7. The lowest BCUT2D eigenvalue weighted by molar-refractivity contribution is 0.0509. The Bertz CT molecular complexity index is 735. The highest BCUT2D eigenvalue weighted by Gasteiger charge is 2.17. The standard InChI is InChI=1S/C12H10N4O2/c1-2-18-12(17)11-15-14-10-9-6-4-3-5-8(9)7-13-16(10)11/h3-7H,2H2,1H3. The molecule has 18 heavy (non-hydrogen) atoms. The molecule has 0 aliphatic carbocycles. The summed E-state index contributed by atoms with van der Waals surface area (Å²) in [5.41, 5.74) is 0.552. The van der Waals surface area contributed by atoms with E-state index in [9.17, 15) is 4.79 Å². The SMILES string of the molecule is CCOC(=O)c1nnc2c3ccccc3cnn12. The predicted octanol–water partition coefficient (Wildman–Crippen LogP) is 1.45. The van der Waals surface area contributed by atoms with E-state index in [1.165, 1.54) is 4.52 Å². The summed E-state index contributed by atoms with van der Waals surface area (Å²) >= 11 is 0. The van der Waals surface area contributed by atoms with Crippen LogP contribution in [0.4, 0.5) is 0 Å². The lowest BCUT2D eigenvalue weighted by atomic mass is 10.2. The van der Waals surface area contributed by atoms with E-state index >= 15 is 0 Å². The molecule has 0 aliphatic heterocycles.